The van der Waals surface area contributed by atoms with E-state index in [9.17, 15) is 9.18 Å². The lowest BCUT2D eigenvalue weighted by Gasteiger charge is -2.07. The van der Waals surface area contributed by atoms with Crippen LogP contribution in [0.5, 0.6) is 0 Å². The van der Waals surface area contributed by atoms with Gasteiger partial charge < -0.3 is 16.4 Å². The highest BCUT2D eigenvalue weighted by atomic mass is 19.1. The third-order valence-electron chi connectivity index (χ3n) is 3.95. The molecule has 4 nitrogen and oxygen atoms in total. The van der Waals surface area contributed by atoms with Crippen LogP contribution in [0.2, 0.25) is 0 Å². The molecule has 0 aliphatic rings. The number of hydrogen-bond donors (Lipinski definition) is 3. The number of nitrogens with two attached hydrogens (primary N) is 1. The summed E-state index contributed by atoms with van der Waals surface area (Å²) >= 11 is 0. The first kappa shape index (κ1) is 18.2. The number of rotatable bonds is 6. The van der Waals surface area contributed by atoms with Crippen molar-refractivity contribution in [1.82, 2.24) is 0 Å². The number of hydrogen-bond acceptors (Lipinski definition) is 3. The van der Waals surface area contributed by atoms with Crippen molar-refractivity contribution in [3.63, 3.8) is 0 Å². The molecule has 3 aromatic carbocycles. The van der Waals surface area contributed by atoms with E-state index in [2.05, 4.69) is 10.6 Å². The van der Waals surface area contributed by atoms with Crippen molar-refractivity contribution in [3.8, 4) is 0 Å². The number of anilines is 3. The van der Waals surface area contributed by atoms with Crippen molar-refractivity contribution in [2.75, 3.05) is 16.4 Å². The summed E-state index contributed by atoms with van der Waals surface area (Å²) in [7, 11) is 0. The van der Waals surface area contributed by atoms with Crippen LogP contribution >= 0.6 is 0 Å². The molecule has 4 N–H and O–H groups in total. The van der Waals surface area contributed by atoms with Crippen LogP contribution in [0, 0.1) is 5.82 Å². The number of nitrogens with one attached hydrogen (secondary N) is 2. The van der Waals surface area contributed by atoms with E-state index in [0.29, 0.717) is 17.9 Å². The molecule has 1 amide bonds. The van der Waals surface area contributed by atoms with Crippen LogP contribution in [0.3, 0.4) is 0 Å². The molecule has 136 valence electrons. The molecule has 0 aliphatic heterocycles. The third kappa shape index (κ3) is 5.44. The number of para-hydroxylation sites is 2. The lowest BCUT2D eigenvalue weighted by Crippen LogP contribution is -2.09. The first-order chi connectivity index (χ1) is 13.1. The van der Waals surface area contributed by atoms with Crippen LogP contribution in [0.1, 0.15) is 11.1 Å². The molecule has 0 bridgehead atoms. The maximum Gasteiger partial charge on any atom is 0.248 e. The molecule has 0 spiro atoms. The molecular weight excluding hydrogens is 341 g/mol. The van der Waals surface area contributed by atoms with E-state index in [1.165, 1.54) is 18.2 Å². The predicted octanol–water partition coefficient (Wildman–Crippen LogP) is 4.67. The molecule has 0 unspecified atom stereocenters. The van der Waals surface area contributed by atoms with Gasteiger partial charge in [-0.05, 0) is 47.5 Å². The lowest BCUT2D eigenvalue weighted by atomic mass is 10.1. The monoisotopic (exact) mass is 361 g/mol. The molecule has 0 aliphatic carbocycles. The Bertz CT molecular complexity index is 952. The standard InChI is InChI=1S/C22H20FN3O/c23-18-4-3-5-19(14-18)25-15-17-10-8-16(9-11-17)12-13-22(27)26-21-7-2-1-6-20(21)24/h1-14,25H,15,24H2,(H,26,27)/b13-12-. The topological polar surface area (TPSA) is 67.1 Å². The van der Waals surface area contributed by atoms with Crippen LogP contribution in [0.4, 0.5) is 21.5 Å². The number of halogens is 1. The first-order valence-corrected chi connectivity index (χ1v) is 8.52. The summed E-state index contributed by atoms with van der Waals surface area (Å²) in [5, 5.41) is 5.91. The minimum Gasteiger partial charge on any atom is -0.397 e. The zero-order chi connectivity index (χ0) is 19.1. The second-order valence-corrected chi connectivity index (χ2v) is 6.02. The van der Waals surface area contributed by atoms with Gasteiger partial charge in [0.25, 0.3) is 0 Å². The Kier molecular flexibility index (Phi) is 5.84. The van der Waals surface area contributed by atoms with Gasteiger partial charge in [-0.2, -0.15) is 0 Å². The molecule has 27 heavy (non-hydrogen) atoms. The molecule has 0 heterocycles. The van der Waals surface area contributed by atoms with Crippen LogP contribution in [-0.4, -0.2) is 5.91 Å². The van der Waals surface area contributed by atoms with Gasteiger partial charge in [-0.1, -0.05) is 42.5 Å². The van der Waals surface area contributed by atoms with Gasteiger partial charge in [-0.25, -0.2) is 4.39 Å². The Hall–Kier alpha value is -3.60. The largest absolute Gasteiger partial charge is 0.397 e. The average Bonchev–Trinajstić information content (AvgIpc) is 2.67. The van der Waals surface area contributed by atoms with Gasteiger partial charge in [0.05, 0.1) is 11.4 Å². The van der Waals surface area contributed by atoms with E-state index in [4.69, 9.17) is 5.73 Å². The summed E-state index contributed by atoms with van der Waals surface area (Å²) in [6.07, 6.45) is 3.20. The Morgan fingerprint density at radius 2 is 1.78 bits per heavy atom. The van der Waals surface area contributed by atoms with E-state index in [1.54, 1.807) is 24.3 Å². The van der Waals surface area contributed by atoms with Crippen molar-refractivity contribution in [2.45, 2.75) is 6.54 Å². The minimum atomic E-state index is -0.268. The van der Waals surface area contributed by atoms with E-state index < -0.39 is 0 Å². The smallest absolute Gasteiger partial charge is 0.248 e. The SMILES string of the molecule is Nc1ccccc1NC(=O)/C=C\c1ccc(CNc2cccc(F)c2)cc1. The molecule has 0 saturated heterocycles. The zero-order valence-corrected chi connectivity index (χ0v) is 14.7. The fourth-order valence-corrected chi connectivity index (χ4v) is 2.51. The van der Waals surface area contributed by atoms with E-state index >= 15 is 0 Å². The number of carbonyl (C=O) groups is 1. The second-order valence-electron chi connectivity index (χ2n) is 6.02. The quantitative estimate of drug-likeness (QED) is 0.441. The zero-order valence-electron chi connectivity index (χ0n) is 14.7. The minimum absolute atomic E-state index is 0.246. The average molecular weight is 361 g/mol. The predicted molar refractivity (Wildman–Crippen MR) is 109 cm³/mol. The van der Waals surface area contributed by atoms with E-state index in [0.717, 1.165) is 16.8 Å². The van der Waals surface area contributed by atoms with Crippen molar-refractivity contribution in [1.29, 1.82) is 0 Å². The fraction of sp³-hybridized carbons (Fsp3) is 0.0455. The summed E-state index contributed by atoms with van der Waals surface area (Å²) in [6.45, 7) is 0.585. The van der Waals surface area contributed by atoms with Gasteiger partial charge in [0.1, 0.15) is 5.82 Å². The Morgan fingerprint density at radius 3 is 2.52 bits per heavy atom. The highest BCUT2D eigenvalue weighted by Gasteiger charge is 2.01. The number of nitrogen functional groups attached to an aromatic ring is 1. The van der Waals surface area contributed by atoms with Gasteiger partial charge in [0.15, 0.2) is 0 Å². The molecule has 3 aromatic rings. The summed E-state index contributed by atoms with van der Waals surface area (Å²) in [5.74, 6) is -0.513. The number of benzene rings is 3. The van der Waals surface area contributed by atoms with Gasteiger partial charge in [0, 0.05) is 18.3 Å². The van der Waals surface area contributed by atoms with Gasteiger partial charge in [-0.3, -0.25) is 4.79 Å². The molecule has 0 aromatic heterocycles. The normalized spacial score (nSPS) is 10.7. The molecule has 0 saturated carbocycles. The van der Waals surface area contributed by atoms with Crippen molar-refractivity contribution < 1.29 is 9.18 Å². The van der Waals surface area contributed by atoms with Crippen LogP contribution in [0.25, 0.3) is 6.08 Å². The van der Waals surface area contributed by atoms with Gasteiger partial charge in [-0.15, -0.1) is 0 Å². The molecule has 3 rings (SSSR count). The van der Waals surface area contributed by atoms with Crippen molar-refractivity contribution in [3.05, 3.63) is 95.8 Å². The lowest BCUT2D eigenvalue weighted by molar-refractivity contribution is -0.111. The van der Waals surface area contributed by atoms with Crippen LogP contribution in [0.15, 0.2) is 78.9 Å². The summed E-state index contributed by atoms with van der Waals surface area (Å²) in [5.41, 5.74) is 9.61. The Morgan fingerprint density at radius 1 is 1.00 bits per heavy atom. The third-order valence-corrected chi connectivity index (χ3v) is 3.95. The number of carbonyl (C=O) groups excluding carboxylic acids is 1. The Labute approximate surface area is 157 Å². The van der Waals surface area contributed by atoms with E-state index in [-0.39, 0.29) is 11.7 Å². The van der Waals surface area contributed by atoms with Crippen molar-refractivity contribution in [2.24, 2.45) is 0 Å². The van der Waals surface area contributed by atoms with Crippen LogP contribution in [-0.2, 0) is 11.3 Å². The fourth-order valence-electron chi connectivity index (χ4n) is 2.51. The maximum absolute atomic E-state index is 13.2. The molecule has 5 heteroatoms. The molecule has 0 fully saturated rings. The van der Waals surface area contributed by atoms with Crippen LogP contribution < -0.4 is 16.4 Å². The molecular formula is C22H20FN3O. The first-order valence-electron chi connectivity index (χ1n) is 8.52. The van der Waals surface area contributed by atoms with Gasteiger partial charge in [0.2, 0.25) is 5.91 Å². The van der Waals surface area contributed by atoms with Gasteiger partial charge >= 0.3 is 0 Å². The molecule has 0 atom stereocenters. The summed E-state index contributed by atoms with van der Waals surface area (Å²) in [6, 6.07) is 21.2. The second kappa shape index (κ2) is 8.67. The summed E-state index contributed by atoms with van der Waals surface area (Å²) in [4.78, 5) is 12.0. The maximum atomic E-state index is 13.2. The van der Waals surface area contributed by atoms with Crippen molar-refractivity contribution >= 4 is 29.0 Å². The number of amides is 1. The van der Waals surface area contributed by atoms with E-state index in [1.807, 2.05) is 42.5 Å². The Balaban J connectivity index is 1.54. The summed E-state index contributed by atoms with van der Waals surface area (Å²) < 4.78 is 13.2. The highest BCUT2D eigenvalue weighted by molar-refractivity contribution is 6.03. The molecule has 0 radical (unpaired) electrons. The highest BCUT2D eigenvalue weighted by Crippen LogP contribution is 2.17.